The maximum atomic E-state index is 5.65. The van der Waals surface area contributed by atoms with Crippen LogP contribution in [0.4, 0.5) is 0 Å². The van der Waals surface area contributed by atoms with Gasteiger partial charge in [-0.1, -0.05) is 18.2 Å². The largest absolute Gasteiger partial charge is 0.419 e. The molecule has 0 radical (unpaired) electrons. The first-order valence-electron chi connectivity index (χ1n) is 6.90. The number of rotatable bonds is 6. The van der Waals surface area contributed by atoms with Gasteiger partial charge in [-0.25, -0.2) is 0 Å². The molecule has 21 heavy (non-hydrogen) atoms. The molecule has 0 spiro atoms. The molecule has 1 N–H and O–H groups in total. The van der Waals surface area contributed by atoms with E-state index in [1.54, 1.807) is 6.20 Å². The van der Waals surface area contributed by atoms with E-state index in [9.17, 15) is 0 Å². The summed E-state index contributed by atoms with van der Waals surface area (Å²) in [6, 6.07) is 11.9. The average molecular weight is 283 g/mol. The molecule has 3 aromatic rings. The predicted molar refractivity (Wildman–Crippen MR) is 78.3 cm³/mol. The molecule has 0 fully saturated rings. The van der Waals surface area contributed by atoms with Crippen molar-refractivity contribution in [2.24, 2.45) is 0 Å². The molecule has 2 aromatic heterocycles. The van der Waals surface area contributed by atoms with E-state index in [1.165, 1.54) is 0 Å². The van der Waals surface area contributed by atoms with Crippen molar-refractivity contribution >= 4 is 0 Å². The maximum Gasteiger partial charge on any atom is 0.247 e. The lowest BCUT2D eigenvalue weighted by Gasteiger charge is -2.11. The van der Waals surface area contributed by atoms with Crippen molar-refractivity contribution in [3.63, 3.8) is 0 Å². The Balaban J connectivity index is 1.55. The highest BCUT2D eigenvalue weighted by molar-refractivity contribution is 5.51. The number of hydrogen-bond acceptors (Lipinski definition) is 5. The third-order valence-electron chi connectivity index (χ3n) is 3.11. The summed E-state index contributed by atoms with van der Waals surface area (Å²) >= 11 is 0. The molecular weight excluding hydrogens is 266 g/mol. The van der Waals surface area contributed by atoms with Crippen LogP contribution in [0.15, 0.2) is 53.2 Å². The second-order valence-corrected chi connectivity index (χ2v) is 4.88. The molecule has 0 bridgehead atoms. The monoisotopic (exact) mass is 283 g/mol. The van der Waals surface area contributed by atoms with Gasteiger partial charge in [0.2, 0.25) is 11.8 Å². The molecule has 1 atom stereocenters. The molecule has 0 saturated carbocycles. The number of nitrogens with one attached hydrogen (secondary N) is 1. The quantitative estimate of drug-likeness (QED) is 0.750. The second kappa shape index (κ2) is 6.32. The molecule has 0 unspecified atom stereocenters. The van der Waals surface area contributed by atoms with Crippen molar-refractivity contribution in [3.8, 4) is 11.5 Å². The Hall–Kier alpha value is -2.47. The normalized spacial score (nSPS) is 12.4. The van der Waals surface area contributed by atoms with Crippen LogP contribution in [0.25, 0.3) is 11.5 Å². The van der Waals surface area contributed by atoms with E-state index in [4.69, 9.17) is 4.42 Å². The lowest BCUT2D eigenvalue weighted by atomic mass is 10.2. The SMILES string of the molecule is C[C@@H](Cn1cccn1)NCc1nnc(-c2ccccc2)o1. The van der Waals surface area contributed by atoms with E-state index >= 15 is 0 Å². The Kier molecular flexibility index (Phi) is 4.07. The molecule has 0 aliphatic heterocycles. The minimum atomic E-state index is 0.261. The van der Waals surface area contributed by atoms with Crippen molar-refractivity contribution in [3.05, 3.63) is 54.7 Å². The highest BCUT2D eigenvalue weighted by atomic mass is 16.4. The Morgan fingerprint density at radius 1 is 1.19 bits per heavy atom. The summed E-state index contributed by atoms with van der Waals surface area (Å²) in [5.74, 6) is 1.13. The van der Waals surface area contributed by atoms with Gasteiger partial charge in [-0.2, -0.15) is 5.10 Å². The molecule has 1 aromatic carbocycles. The molecule has 3 rings (SSSR count). The Morgan fingerprint density at radius 3 is 2.81 bits per heavy atom. The lowest BCUT2D eigenvalue weighted by Crippen LogP contribution is -2.30. The minimum Gasteiger partial charge on any atom is -0.419 e. The van der Waals surface area contributed by atoms with Crippen LogP contribution >= 0.6 is 0 Å². The minimum absolute atomic E-state index is 0.261. The fourth-order valence-corrected chi connectivity index (χ4v) is 2.04. The van der Waals surface area contributed by atoms with Gasteiger partial charge in [0.05, 0.1) is 13.1 Å². The van der Waals surface area contributed by atoms with Crippen LogP contribution in [0.2, 0.25) is 0 Å². The van der Waals surface area contributed by atoms with Crippen LogP contribution in [0.1, 0.15) is 12.8 Å². The number of hydrogen-bond donors (Lipinski definition) is 1. The molecule has 6 heteroatoms. The van der Waals surface area contributed by atoms with Crippen molar-refractivity contribution in [2.45, 2.75) is 26.1 Å². The Morgan fingerprint density at radius 2 is 2.05 bits per heavy atom. The van der Waals surface area contributed by atoms with Gasteiger partial charge >= 0.3 is 0 Å². The van der Waals surface area contributed by atoms with E-state index in [0.717, 1.165) is 12.1 Å². The highest BCUT2D eigenvalue weighted by Gasteiger charge is 2.09. The van der Waals surface area contributed by atoms with Crippen molar-refractivity contribution in [2.75, 3.05) is 0 Å². The summed E-state index contributed by atoms with van der Waals surface area (Å²) in [5, 5.41) is 15.7. The first-order valence-corrected chi connectivity index (χ1v) is 6.90. The van der Waals surface area contributed by atoms with Crippen molar-refractivity contribution in [1.82, 2.24) is 25.3 Å². The highest BCUT2D eigenvalue weighted by Crippen LogP contribution is 2.16. The zero-order chi connectivity index (χ0) is 14.5. The first kappa shape index (κ1) is 13.5. The third-order valence-corrected chi connectivity index (χ3v) is 3.11. The molecular formula is C15H17N5O. The Labute approximate surface area is 122 Å². The first-order chi connectivity index (χ1) is 10.3. The van der Waals surface area contributed by atoms with Gasteiger partial charge in [-0.3, -0.25) is 4.68 Å². The van der Waals surface area contributed by atoms with Gasteiger partial charge in [-0.15, -0.1) is 10.2 Å². The van der Waals surface area contributed by atoms with Gasteiger partial charge < -0.3 is 9.73 Å². The number of benzene rings is 1. The molecule has 2 heterocycles. The average Bonchev–Trinajstić information content (AvgIpc) is 3.17. The lowest BCUT2D eigenvalue weighted by molar-refractivity contribution is 0.411. The fraction of sp³-hybridized carbons (Fsp3) is 0.267. The summed E-state index contributed by atoms with van der Waals surface area (Å²) in [4.78, 5) is 0. The third kappa shape index (κ3) is 3.55. The summed E-state index contributed by atoms with van der Waals surface area (Å²) in [5.41, 5.74) is 0.931. The van der Waals surface area contributed by atoms with Crippen LogP contribution in [0, 0.1) is 0 Å². The van der Waals surface area contributed by atoms with Crippen molar-refractivity contribution < 1.29 is 4.42 Å². The van der Waals surface area contributed by atoms with E-state index in [-0.39, 0.29) is 6.04 Å². The van der Waals surface area contributed by atoms with Gasteiger partial charge in [0.15, 0.2) is 0 Å². The van der Waals surface area contributed by atoms with Gasteiger partial charge in [0, 0.05) is 24.0 Å². The van der Waals surface area contributed by atoms with Gasteiger partial charge in [0.25, 0.3) is 0 Å². The van der Waals surface area contributed by atoms with Crippen LogP contribution < -0.4 is 5.32 Å². The van der Waals surface area contributed by atoms with Gasteiger partial charge in [0.1, 0.15) is 0 Å². The predicted octanol–water partition coefficient (Wildman–Crippen LogP) is 2.11. The molecule has 0 amide bonds. The van der Waals surface area contributed by atoms with Gasteiger partial charge in [-0.05, 0) is 25.1 Å². The molecule has 0 aliphatic rings. The molecule has 0 saturated heterocycles. The zero-order valence-electron chi connectivity index (χ0n) is 11.8. The standard InChI is InChI=1S/C15H17N5O/c1-12(11-20-9-5-8-17-20)16-10-14-18-19-15(21-14)13-6-3-2-4-7-13/h2-9,12,16H,10-11H2,1H3/t12-/m0/s1. The van der Waals surface area contributed by atoms with Crippen LogP contribution in [0.3, 0.4) is 0 Å². The maximum absolute atomic E-state index is 5.65. The fourth-order valence-electron chi connectivity index (χ4n) is 2.04. The smallest absolute Gasteiger partial charge is 0.247 e. The summed E-state index contributed by atoms with van der Waals surface area (Å²) in [6.45, 7) is 3.44. The van der Waals surface area contributed by atoms with Crippen LogP contribution in [-0.2, 0) is 13.1 Å². The molecule has 0 aliphatic carbocycles. The van der Waals surface area contributed by atoms with E-state index in [2.05, 4.69) is 27.5 Å². The van der Waals surface area contributed by atoms with E-state index in [1.807, 2.05) is 47.3 Å². The number of nitrogens with zero attached hydrogens (tertiary/aromatic N) is 4. The van der Waals surface area contributed by atoms with Crippen LogP contribution in [0.5, 0.6) is 0 Å². The summed E-state index contributed by atoms with van der Waals surface area (Å²) < 4.78 is 7.54. The topological polar surface area (TPSA) is 68.8 Å². The van der Waals surface area contributed by atoms with E-state index in [0.29, 0.717) is 18.3 Å². The summed E-state index contributed by atoms with van der Waals surface area (Å²) in [6.07, 6.45) is 3.72. The zero-order valence-corrected chi connectivity index (χ0v) is 11.8. The molecule has 6 nitrogen and oxygen atoms in total. The number of aromatic nitrogens is 4. The Bertz CT molecular complexity index is 662. The van der Waals surface area contributed by atoms with Crippen molar-refractivity contribution in [1.29, 1.82) is 0 Å². The van der Waals surface area contributed by atoms with E-state index < -0.39 is 0 Å². The molecule has 108 valence electrons. The second-order valence-electron chi connectivity index (χ2n) is 4.88. The summed E-state index contributed by atoms with van der Waals surface area (Å²) in [7, 11) is 0. The van der Waals surface area contributed by atoms with Crippen LogP contribution in [-0.4, -0.2) is 26.0 Å².